The van der Waals surface area contributed by atoms with Crippen LogP contribution in [-0.4, -0.2) is 59.7 Å². The Hall–Kier alpha value is -5.01. The van der Waals surface area contributed by atoms with Crippen molar-refractivity contribution in [1.82, 2.24) is 24.3 Å². The highest BCUT2D eigenvalue weighted by atomic mass is 19.4. The smallest absolute Gasteiger partial charge is 0.416 e. The van der Waals surface area contributed by atoms with E-state index in [1.54, 1.807) is 6.20 Å². The second-order valence-corrected chi connectivity index (χ2v) is 10.7. The van der Waals surface area contributed by atoms with Crippen LogP contribution in [0.2, 0.25) is 0 Å². The van der Waals surface area contributed by atoms with Gasteiger partial charge in [0.2, 0.25) is 5.91 Å². The zero-order valence-corrected chi connectivity index (χ0v) is 22.6. The number of nitrogens with one attached hydrogen (secondary N) is 1. The zero-order chi connectivity index (χ0) is 30.5. The topological polar surface area (TPSA) is 156 Å². The van der Waals surface area contributed by atoms with E-state index >= 15 is 0 Å². The van der Waals surface area contributed by atoms with Crippen molar-refractivity contribution in [1.29, 1.82) is 0 Å². The molecule has 0 saturated carbocycles. The Kier molecular flexibility index (Phi) is 6.98. The zero-order valence-electron chi connectivity index (χ0n) is 22.6. The van der Waals surface area contributed by atoms with E-state index in [1.165, 1.54) is 24.4 Å². The van der Waals surface area contributed by atoms with Gasteiger partial charge in [-0.2, -0.15) is 13.2 Å². The van der Waals surface area contributed by atoms with Crippen molar-refractivity contribution in [3.05, 3.63) is 71.4 Å². The number of nitrogen functional groups attached to an aromatic ring is 1. The lowest BCUT2D eigenvalue weighted by atomic mass is 9.92. The quantitative estimate of drug-likeness (QED) is 0.301. The highest BCUT2D eigenvalue weighted by Gasteiger charge is 2.38. The number of nitrogens with zero attached hydrogens (tertiary/aromatic N) is 5. The fourth-order valence-corrected chi connectivity index (χ4v) is 5.98. The number of pyridine rings is 1. The summed E-state index contributed by atoms with van der Waals surface area (Å²) in [6.45, 7) is 0.509. The Morgan fingerprint density at radius 2 is 1.91 bits per heavy atom. The van der Waals surface area contributed by atoms with Gasteiger partial charge in [0.15, 0.2) is 0 Å². The Morgan fingerprint density at radius 3 is 2.67 bits per heavy atom. The van der Waals surface area contributed by atoms with Gasteiger partial charge >= 0.3 is 12.1 Å². The largest absolute Gasteiger partial charge is 0.481 e. The predicted octanol–water partition coefficient (Wildman–Crippen LogP) is 4.14. The maximum absolute atomic E-state index is 13.1. The number of aromatic nitrogens is 4. The molecule has 43 heavy (non-hydrogen) atoms. The van der Waals surface area contributed by atoms with Crippen molar-refractivity contribution in [2.75, 3.05) is 17.6 Å². The molecule has 222 valence electrons. The minimum Gasteiger partial charge on any atom is -0.481 e. The molecule has 0 radical (unpaired) electrons. The van der Waals surface area contributed by atoms with Crippen molar-refractivity contribution in [2.45, 2.75) is 50.2 Å². The van der Waals surface area contributed by atoms with Crippen LogP contribution >= 0.6 is 0 Å². The van der Waals surface area contributed by atoms with Gasteiger partial charge in [0.05, 0.1) is 12.0 Å². The van der Waals surface area contributed by atoms with Gasteiger partial charge in [0, 0.05) is 54.6 Å². The first-order chi connectivity index (χ1) is 20.5. The van der Waals surface area contributed by atoms with Crippen LogP contribution in [0, 0.1) is 0 Å². The maximum atomic E-state index is 13.1. The molecular weight excluding hydrogens is 567 g/mol. The van der Waals surface area contributed by atoms with Gasteiger partial charge in [-0.15, -0.1) is 0 Å². The molecule has 11 nitrogen and oxygen atoms in total. The summed E-state index contributed by atoms with van der Waals surface area (Å²) in [5.41, 5.74) is 6.82. The highest BCUT2D eigenvalue weighted by molar-refractivity contribution is 6.04. The molecule has 2 fully saturated rings. The Balaban J connectivity index is 1.38. The van der Waals surface area contributed by atoms with E-state index in [0.717, 1.165) is 31.5 Å². The number of amides is 2. The fraction of sp³-hybridized carbons (Fsp3) is 0.310. The standard InChI is InChI=1S/C29H26F3N7O4/c30-29(31,32)18-7-8-34-21(13-18)36-28(43)15-2-5-20(17(11-15)12-23(41)42)24-25-26(33)35-9-10-38(25)27(37-24)16-1-3-19-4-6-22(40)39(19)14-16/h2,5,7-11,13,16,19H,1,3-4,6,12,14H2,(H2,33,35)(H,41,42)(H,34,36,43)/t16-,19+/m1/s1. The number of carbonyl (C=O) groups is 3. The average Bonchev–Trinajstić information content (AvgIpc) is 3.53. The van der Waals surface area contributed by atoms with E-state index in [-0.39, 0.29) is 40.6 Å². The van der Waals surface area contributed by atoms with Crippen LogP contribution in [0.3, 0.4) is 0 Å². The lowest BCUT2D eigenvalue weighted by Crippen LogP contribution is -2.41. The van der Waals surface area contributed by atoms with Crippen LogP contribution in [0.1, 0.15) is 58.9 Å². The van der Waals surface area contributed by atoms with Crippen LogP contribution in [0.5, 0.6) is 0 Å². The first-order valence-electron chi connectivity index (χ1n) is 13.6. The third kappa shape index (κ3) is 5.35. The van der Waals surface area contributed by atoms with Crippen LogP contribution < -0.4 is 11.1 Å². The first-order valence-corrected chi connectivity index (χ1v) is 13.6. The molecule has 1 aromatic carbocycles. The molecule has 14 heteroatoms. The van der Waals surface area contributed by atoms with Crippen LogP contribution in [0.4, 0.5) is 24.8 Å². The third-order valence-electron chi connectivity index (χ3n) is 7.99. The van der Waals surface area contributed by atoms with Gasteiger partial charge in [0.25, 0.3) is 5.91 Å². The Bertz CT molecular complexity index is 1770. The summed E-state index contributed by atoms with van der Waals surface area (Å²) >= 11 is 0. The third-order valence-corrected chi connectivity index (χ3v) is 7.99. The van der Waals surface area contributed by atoms with E-state index in [4.69, 9.17) is 10.7 Å². The minimum absolute atomic E-state index is 0.0138. The molecule has 0 spiro atoms. The molecule has 5 heterocycles. The first kappa shape index (κ1) is 28.1. The Labute approximate surface area is 242 Å². The summed E-state index contributed by atoms with van der Waals surface area (Å²) in [7, 11) is 0. The molecule has 6 rings (SSSR count). The minimum atomic E-state index is -4.62. The lowest BCUT2D eigenvalue weighted by Gasteiger charge is -2.34. The number of fused-ring (bicyclic) bond motifs is 2. The average molecular weight is 594 g/mol. The molecular formula is C29H26F3N7O4. The van der Waals surface area contributed by atoms with Crippen molar-refractivity contribution in [2.24, 2.45) is 0 Å². The van der Waals surface area contributed by atoms with Crippen molar-refractivity contribution in [3.63, 3.8) is 0 Å². The summed E-state index contributed by atoms with van der Waals surface area (Å²) < 4.78 is 41.1. The molecule has 4 N–H and O–H groups in total. The number of halogens is 3. The number of imidazole rings is 1. The molecule has 0 aliphatic carbocycles. The molecule has 2 amide bonds. The van der Waals surface area contributed by atoms with Crippen molar-refractivity contribution in [3.8, 4) is 11.3 Å². The second kappa shape index (κ2) is 10.7. The fourth-order valence-electron chi connectivity index (χ4n) is 5.98. The van der Waals surface area contributed by atoms with Crippen molar-refractivity contribution < 1.29 is 32.7 Å². The molecule has 2 aliphatic heterocycles. The number of carboxylic acids is 1. The van der Waals surface area contributed by atoms with Crippen LogP contribution in [-0.2, 0) is 22.2 Å². The van der Waals surface area contributed by atoms with E-state index in [0.29, 0.717) is 41.6 Å². The summed E-state index contributed by atoms with van der Waals surface area (Å²) in [4.78, 5) is 52.1. The number of alkyl halides is 3. The van der Waals surface area contributed by atoms with Crippen LogP contribution in [0.15, 0.2) is 48.9 Å². The molecule has 4 aromatic rings. The number of piperidine rings is 1. The number of rotatable bonds is 6. The molecule has 0 bridgehead atoms. The highest BCUT2D eigenvalue weighted by Crippen LogP contribution is 2.39. The SMILES string of the molecule is Nc1nccn2c([C@@H]3CC[C@H]4CCC(=O)N4C3)nc(-c3ccc(C(=O)Nc4cc(C(F)(F)F)ccn4)cc3CC(=O)O)c12. The van der Waals surface area contributed by atoms with E-state index in [2.05, 4.69) is 15.3 Å². The summed E-state index contributed by atoms with van der Waals surface area (Å²) in [6, 6.07) is 6.04. The van der Waals surface area contributed by atoms with E-state index in [1.807, 2.05) is 9.30 Å². The number of benzene rings is 1. The van der Waals surface area contributed by atoms with E-state index in [9.17, 15) is 32.7 Å². The van der Waals surface area contributed by atoms with Gasteiger partial charge in [-0.25, -0.2) is 15.0 Å². The molecule has 2 atom stereocenters. The van der Waals surface area contributed by atoms with E-state index < -0.39 is 30.0 Å². The summed E-state index contributed by atoms with van der Waals surface area (Å²) in [6.07, 6.45) is 2.13. The van der Waals surface area contributed by atoms with Gasteiger partial charge in [-0.05, 0) is 49.1 Å². The number of carboxylic acid groups (broad SMARTS) is 1. The van der Waals surface area contributed by atoms with Gasteiger partial charge < -0.3 is 21.1 Å². The predicted molar refractivity (Wildman–Crippen MR) is 148 cm³/mol. The normalized spacial score (nSPS) is 18.6. The number of anilines is 2. The second-order valence-electron chi connectivity index (χ2n) is 10.7. The lowest BCUT2D eigenvalue weighted by molar-refractivity contribution is -0.138. The molecule has 3 aromatic heterocycles. The summed E-state index contributed by atoms with van der Waals surface area (Å²) in [5, 5.41) is 12.0. The number of hydrogen-bond donors (Lipinski definition) is 3. The van der Waals surface area contributed by atoms with Crippen LogP contribution in [0.25, 0.3) is 16.8 Å². The number of carbonyl (C=O) groups excluding carboxylic acids is 2. The maximum Gasteiger partial charge on any atom is 0.416 e. The Morgan fingerprint density at radius 1 is 1.09 bits per heavy atom. The van der Waals surface area contributed by atoms with Gasteiger partial charge in [-0.1, -0.05) is 6.07 Å². The molecule has 2 saturated heterocycles. The molecule has 2 aliphatic rings. The summed E-state index contributed by atoms with van der Waals surface area (Å²) in [5.74, 6) is -1.38. The molecule has 0 unspecified atom stereocenters. The number of hydrogen-bond acceptors (Lipinski definition) is 7. The number of nitrogens with two attached hydrogens (primary N) is 1. The number of aliphatic carboxylic acids is 1. The van der Waals surface area contributed by atoms with Gasteiger partial charge in [-0.3, -0.25) is 18.8 Å². The van der Waals surface area contributed by atoms with Crippen molar-refractivity contribution >= 4 is 34.9 Å². The van der Waals surface area contributed by atoms with Gasteiger partial charge in [0.1, 0.15) is 28.7 Å². The monoisotopic (exact) mass is 593 g/mol.